The smallest absolute Gasteiger partial charge is 0.258 e. The van der Waals surface area contributed by atoms with Crippen molar-refractivity contribution in [2.24, 2.45) is 0 Å². The second-order valence-corrected chi connectivity index (χ2v) is 6.24. The highest BCUT2D eigenvalue weighted by molar-refractivity contribution is 5.79. The van der Waals surface area contributed by atoms with Crippen molar-refractivity contribution in [2.75, 3.05) is 13.7 Å². The number of hydrogen-bond acceptors (Lipinski definition) is 4. The fraction of sp³-hybridized carbons (Fsp3) is 0.227. The number of nitrogens with one attached hydrogen (secondary N) is 1. The SMILES string of the molecule is C=CCc1ccc(OCC(=O)NC(C)c2cc3ccccc3o2)c(OC)c1. The zero-order chi connectivity index (χ0) is 19.2. The van der Waals surface area contributed by atoms with Crippen LogP contribution in [0.15, 0.2) is 65.6 Å². The van der Waals surface area contributed by atoms with Gasteiger partial charge in [0.1, 0.15) is 11.3 Å². The maximum Gasteiger partial charge on any atom is 0.258 e. The number of methoxy groups -OCH3 is 1. The van der Waals surface area contributed by atoms with Gasteiger partial charge in [0, 0.05) is 5.39 Å². The van der Waals surface area contributed by atoms with Gasteiger partial charge in [0.15, 0.2) is 18.1 Å². The quantitative estimate of drug-likeness (QED) is 0.600. The van der Waals surface area contributed by atoms with E-state index in [1.807, 2.05) is 55.5 Å². The lowest BCUT2D eigenvalue weighted by Crippen LogP contribution is -2.31. The van der Waals surface area contributed by atoms with Gasteiger partial charge >= 0.3 is 0 Å². The first-order chi connectivity index (χ1) is 13.1. The van der Waals surface area contributed by atoms with Gasteiger partial charge in [0.05, 0.1) is 13.2 Å². The molecule has 1 aromatic heterocycles. The lowest BCUT2D eigenvalue weighted by atomic mass is 10.1. The molecule has 140 valence electrons. The van der Waals surface area contributed by atoms with E-state index < -0.39 is 0 Å². The van der Waals surface area contributed by atoms with Crippen molar-refractivity contribution >= 4 is 16.9 Å². The number of carbonyl (C=O) groups is 1. The molecule has 1 atom stereocenters. The summed E-state index contributed by atoms with van der Waals surface area (Å²) in [4.78, 5) is 12.3. The van der Waals surface area contributed by atoms with Gasteiger partial charge in [-0.25, -0.2) is 0 Å². The molecule has 0 bridgehead atoms. The number of furan rings is 1. The van der Waals surface area contributed by atoms with Gasteiger partial charge in [-0.1, -0.05) is 30.3 Å². The average molecular weight is 365 g/mol. The monoisotopic (exact) mass is 365 g/mol. The van der Waals surface area contributed by atoms with Crippen molar-refractivity contribution < 1.29 is 18.7 Å². The van der Waals surface area contributed by atoms with E-state index in [-0.39, 0.29) is 18.6 Å². The van der Waals surface area contributed by atoms with E-state index >= 15 is 0 Å². The zero-order valence-electron chi connectivity index (χ0n) is 15.5. The highest BCUT2D eigenvalue weighted by atomic mass is 16.5. The molecule has 3 aromatic rings. The molecule has 1 unspecified atom stereocenters. The Kier molecular flexibility index (Phi) is 5.81. The summed E-state index contributed by atoms with van der Waals surface area (Å²) < 4.78 is 16.8. The molecule has 3 rings (SSSR count). The molecular formula is C22H23NO4. The Morgan fingerprint density at radius 3 is 2.78 bits per heavy atom. The Hall–Kier alpha value is -3.21. The van der Waals surface area contributed by atoms with Crippen molar-refractivity contribution in [2.45, 2.75) is 19.4 Å². The molecule has 27 heavy (non-hydrogen) atoms. The summed E-state index contributed by atoms with van der Waals surface area (Å²) in [7, 11) is 1.57. The summed E-state index contributed by atoms with van der Waals surface area (Å²) in [6.45, 7) is 5.49. The second-order valence-electron chi connectivity index (χ2n) is 6.24. The third kappa shape index (κ3) is 4.50. The first-order valence-electron chi connectivity index (χ1n) is 8.79. The van der Waals surface area contributed by atoms with Gasteiger partial charge < -0.3 is 19.2 Å². The van der Waals surface area contributed by atoms with Gasteiger partial charge in [-0.15, -0.1) is 6.58 Å². The zero-order valence-corrected chi connectivity index (χ0v) is 15.5. The normalized spacial score (nSPS) is 11.8. The molecule has 0 aliphatic heterocycles. The highest BCUT2D eigenvalue weighted by Crippen LogP contribution is 2.28. The molecule has 0 aliphatic carbocycles. The molecule has 2 aromatic carbocycles. The predicted molar refractivity (Wildman–Crippen MR) is 105 cm³/mol. The summed E-state index contributed by atoms with van der Waals surface area (Å²) in [5.74, 6) is 1.58. The van der Waals surface area contributed by atoms with E-state index in [4.69, 9.17) is 13.9 Å². The lowest BCUT2D eigenvalue weighted by molar-refractivity contribution is -0.123. The number of ether oxygens (including phenoxy) is 2. The maximum atomic E-state index is 12.3. The molecule has 1 heterocycles. The molecule has 1 amide bonds. The summed E-state index contributed by atoms with van der Waals surface area (Å²) in [6.07, 6.45) is 2.56. The molecule has 5 heteroatoms. The molecule has 0 fully saturated rings. The molecule has 1 N–H and O–H groups in total. The molecule has 0 saturated heterocycles. The summed E-state index contributed by atoms with van der Waals surface area (Å²) in [5.41, 5.74) is 1.87. The van der Waals surface area contributed by atoms with Crippen LogP contribution in [0.3, 0.4) is 0 Å². The standard InChI is InChI=1S/C22H23NO4/c1-4-7-16-10-11-19(21(12-16)25-3)26-14-22(24)23-15(2)20-13-17-8-5-6-9-18(17)27-20/h4-6,8-13,15H,1,7,14H2,2-3H3,(H,23,24). The van der Waals surface area contributed by atoms with Crippen LogP contribution in [0, 0.1) is 0 Å². The minimum absolute atomic E-state index is 0.109. The van der Waals surface area contributed by atoms with E-state index in [0.29, 0.717) is 17.3 Å². The Labute approximate surface area is 158 Å². The fourth-order valence-corrected chi connectivity index (χ4v) is 2.84. The van der Waals surface area contributed by atoms with Crippen molar-refractivity contribution in [3.63, 3.8) is 0 Å². The number of hydrogen-bond donors (Lipinski definition) is 1. The summed E-state index contributed by atoms with van der Waals surface area (Å²) >= 11 is 0. The van der Waals surface area contributed by atoms with Gasteiger partial charge in [-0.3, -0.25) is 4.79 Å². The van der Waals surface area contributed by atoms with Crippen LogP contribution in [0.1, 0.15) is 24.3 Å². The molecule has 0 spiro atoms. The predicted octanol–water partition coefficient (Wildman–Crippen LogP) is 4.43. The van der Waals surface area contributed by atoms with Crippen LogP contribution < -0.4 is 14.8 Å². The van der Waals surface area contributed by atoms with Gasteiger partial charge in [0.2, 0.25) is 0 Å². The van der Waals surface area contributed by atoms with Gasteiger partial charge in [0.25, 0.3) is 5.91 Å². The van der Waals surface area contributed by atoms with Crippen LogP contribution in [0.2, 0.25) is 0 Å². The maximum absolute atomic E-state index is 12.3. The number of allylic oxidation sites excluding steroid dienone is 1. The number of rotatable bonds is 8. The number of amides is 1. The van der Waals surface area contributed by atoms with E-state index in [1.54, 1.807) is 13.2 Å². The first kappa shape index (κ1) is 18.6. The number of benzene rings is 2. The Bertz CT molecular complexity index is 911. The van der Waals surface area contributed by atoms with Crippen LogP contribution in [-0.2, 0) is 11.2 Å². The van der Waals surface area contributed by atoms with Gasteiger partial charge in [-0.2, -0.15) is 0 Å². The number of carbonyl (C=O) groups excluding carboxylic acids is 1. The summed E-state index contributed by atoms with van der Waals surface area (Å²) in [6, 6.07) is 15.0. The second kappa shape index (κ2) is 8.45. The summed E-state index contributed by atoms with van der Waals surface area (Å²) in [5, 5.41) is 3.89. The first-order valence-corrected chi connectivity index (χ1v) is 8.79. The minimum Gasteiger partial charge on any atom is -0.493 e. The number of para-hydroxylation sites is 1. The third-order valence-corrected chi connectivity index (χ3v) is 4.22. The number of fused-ring (bicyclic) bond motifs is 1. The topological polar surface area (TPSA) is 60.7 Å². The fourth-order valence-electron chi connectivity index (χ4n) is 2.84. The molecule has 5 nitrogen and oxygen atoms in total. The van der Waals surface area contributed by atoms with E-state index in [9.17, 15) is 4.79 Å². The van der Waals surface area contributed by atoms with Crippen LogP contribution in [-0.4, -0.2) is 19.6 Å². The molecule has 0 aliphatic rings. The molecule has 0 saturated carbocycles. The molecular weight excluding hydrogens is 342 g/mol. The van der Waals surface area contributed by atoms with Crippen molar-refractivity contribution in [1.82, 2.24) is 5.32 Å². The average Bonchev–Trinajstić information content (AvgIpc) is 3.11. The Morgan fingerprint density at radius 2 is 2.04 bits per heavy atom. The van der Waals surface area contributed by atoms with Crippen molar-refractivity contribution in [1.29, 1.82) is 0 Å². The van der Waals surface area contributed by atoms with Crippen LogP contribution in [0.4, 0.5) is 0 Å². The van der Waals surface area contributed by atoms with Crippen LogP contribution >= 0.6 is 0 Å². The third-order valence-electron chi connectivity index (χ3n) is 4.22. The van der Waals surface area contributed by atoms with Crippen molar-refractivity contribution in [3.8, 4) is 11.5 Å². The molecule has 0 radical (unpaired) electrons. The minimum atomic E-state index is -0.259. The van der Waals surface area contributed by atoms with E-state index in [0.717, 1.165) is 23.0 Å². The Balaban J connectivity index is 1.59. The van der Waals surface area contributed by atoms with Crippen LogP contribution in [0.25, 0.3) is 11.0 Å². The van der Waals surface area contributed by atoms with Gasteiger partial charge in [-0.05, 0) is 43.2 Å². The van der Waals surface area contributed by atoms with Crippen LogP contribution in [0.5, 0.6) is 11.5 Å². The lowest BCUT2D eigenvalue weighted by Gasteiger charge is -2.14. The van der Waals surface area contributed by atoms with Crippen molar-refractivity contribution in [3.05, 3.63) is 72.5 Å². The van der Waals surface area contributed by atoms with E-state index in [1.165, 1.54) is 0 Å². The Morgan fingerprint density at radius 1 is 1.22 bits per heavy atom. The van der Waals surface area contributed by atoms with E-state index in [2.05, 4.69) is 11.9 Å². The highest BCUT2D eigenvalue weighted by Gasteiger charge is 2.15. The largest absolute Gasteiger partial charge is 0.493 e.